The lowest BCUT2D eigenvalue weighted by Gasteiger charge is -2.10. The highest BCUT2D eigenvalue weighted by Crippen LogP contribution is 2.27. The highest BCUT2D eigenvalue weighted by atomic mass is 32.2. The van der Waals surface area contributed by atoms with Gasteiger partial charge in [-0.25, -0.2) is 4.98 Å². The zero-order valence-electron chi connectivity index (χ0n) is 10.3. The number of nitrogens with one attached hydrogen (secondary N) is 1. The van der Waals surface area contributed by atoms with Gasteiger partial charge in [0.1, 0.15) is 5.82 Å². The average molecular weight is 255 g/mol. The molecule has 0 aliphatic rings. The van der Waals surface area contributed by atoms with Gasteiger partial charge in [-0.3, -0.25) is 0 Å². The van der Waals surface area contributed by atoms with Crippen LogP contribution in [0.3, 0.4) is 0 Å². The molecule has 0 saturated carbocycles. The van der Waals surface area contributed by atoms with E-state index in [-0.39, 0.29) is 0 Å². The molecule has 0 atom stereocenters. The number of nitrogens with zero attached hydrogens (tertiary/aromatic N) is 2. The standard InChI is InChI=1S/C14H13N3S/c1-10-7-11(9-15)8-14(16-10)17-12-5-3-4-6-13(12)18-2/h3-8H,1-2H3,(H,16,17). The lowest BCUT2D eigenvalue weighted by atomic mass is 10.2. The van der Waals surface area contributed by atoms with E-state index in [0.29, 0.717) is 11.4 Å². The Kier molecular flexibility index (Phi) is 3.85. The summed E-state index contributed by atoms with van der Waals surface area (Å²) >= 11 is 1.67. The number of rotatable bonds is 3. The Morgan fingerprint density at radius 2 is 2.06 bits per heavy atom. The summed E-state index contributed by atoms with van der Waals surface area (Å²) in [6, 6.07) is 13.7. The topological polar surface area (TPSA) is 48.7 Å². The first-order chi connectivity index (χ1) is 8.72. The molecule has 4 heteroatoms. The summed E-state index contributed by atoms with van der Waals surface area (Å²) in [5, 5.41) is 12.2. The third-order valence-electron chi connectivity index (χ3n) is 2.45. The van der Waals surface area contributed by atoms with Crippen molar-refractivity contribution in [3.63, 3.8) is 0 Å². The monoisotopic (exact) mass is 255 g/mol. The molecule has 0 aliphatic carbocycles. The molecule has 1 aromatic carbocycles. The second-order valence-electron chi connectivity index (χ2n) is 3.82. The minimum atomic E-state index is 0.617. The molecule has 0 aliphatic heterocycles. The minimum absolute atomic E-state index is 0.617. The Hall–Kier alpha value is -1.99. The Balaban J connectivity index is 2.34. The summed E-state index contributed by atoms with van der Waals surface area (Å²) in [5.41, 5.74) is 2.46. The smallest absolute Gasteiger partial charge is 0.131 e. The maximum Gasteiger partial charge on any atom is 0.131 e. The molecule has 0 bridgehead atoms. The summed E-state index contributed by atoms with van der Waals surface area (Å²) in [4.78, 5) is 5.53. The minimum Gasteiger partial charge on any atom is -0.339 e. The van der Waals surface area contributed by atoms with Crippen molar-refractivity contribution in [1.82, 2.24) is 4.98 Å². The van der Waals surface area contributed by atoms with Gasteiger partial charge in [-0.2, -0.15) is 5.26 Å². The van der Waals surface area contributed by atoms with E-state index < -0.39 is 0 Å². The summed E-state index contributed by atoms with van der Waals surface area (Å²) in [7, 11) is 0. The van der Waals surface area contributed by atoms with Crippen LogP contribution in [0.15, 0.2) is 41.3 Å². The Bertz CT molecular complexity index is 602. The number of anilines is 2. The van der Waals surface area contributed by atoms with Crippen molar-refractivity contribution >= 4 is 23.3 Å². The van der Waals surface area contributed by atoms with Crippen LogP contribution < -0.4 is 5.32 Å². The van der Waals surface area contributed by atoms with Crippen LogP contribution in [0.25, 0.3) is 0 Å². The lowest BCUT2D eigenvalue weighted by molar-refractivity contribution is 1.18. The van der Waals surface area contributed by atoms with Crippen molar-refractivity contribution in [1.29, 1.82) is 5.26 Å². The van der Waals surface area contributed by atoms with E-state index in [1.807, 2.05) is 37.4 Å². The fourth-order valence-corrected chi connectivity index (χ4v) is 2.24. The predicted octanol–water partition coefficient (Wildman–Crippen LogP) is 3.73. The van der Waals surface area contributed by atoms with Gasteiger partial charge >= 0.3 is 0 Å². The highest BCUT2D eigenvalue weighted by molar-refractivity contribution is 7.98. The first kappa shape index (κ1) is 12.5. The lowest BCUT2D eigenvalue weighted by Crippen LogP contribution is -1.97. The zero-order valence-corrected chi connectivity index (χ0v) is 11.1. The van der Waals surface area contributed by atoms with Crippen molar-refractivity contribution in [2.75, 3.05) is 11.6 Å². The van der Waals surface area contributed by atoms with E-state index in [1.165, 1.54) is 0 Å². The van der Waals surface area contributed by atoms with E-state index in [0.717, 1.165) is 16.3 Å². The van der Waals surface area contributed by atoms with E-state index in [4.69, 9.17) is 5.26 Å². The van der Waals surface area contributed by atoms with Crippen LogP contribution in [-0.4, -0.2) is 11.2 Å². The maximum atomic E-state index is 8.94. The van der Waals surface area contributed by atoms with Gasteiger partial charge in [0, 0.05) is 10.6 Å². The van der Waals surface area contributed by atoms with Crippen LogP contribution in [-0.2, 0) is 0 Å². The van der Waals surface area contributed by atoms with Crippen LogP contribution in [0.2, 0.25) is 0 Å². The number of pyridine rings is 1. The van der Waals surface area contributed by atoms with E-state index >= 15 is 0 Å². The number of hydrogen-bond acceptors (Lipinski definition) is 4. The van der Waals surface area contributed by atoms with Crippen molar-refractivity contribution in [3.8, 4) is 6.07 Å². The molecule has 0 spiro atoms. The molecule has 0 saturated heterocycles. The third-order valence-corrected chi connectivity index (χ3v) is 3.25. The van der Waals surface area contributed by atoms with Gasteiger partial charge in [-0.05, 0) is 37.4 Å². The molecule has 0 radical (unpaired) electrons. The van der Waals surface area contributed by atoms with E-state index in [1.54, 1.807) is 23.9 Å². The Morgan fingerprint density at radius 1 is 1.28 bits per heavy atom. The quantitative estimate of drug-likeness (QED) is 0.849. The number of thioether (sulfide) groups is 1. The van der Waals surface area contributed by atoms with Crippen molar-refractivity contribution in [2.24, 2.45) is 0 Å². The molecule has 2 aromatic rings. The maximum absolute atomic E-state index is 8.94. The molecule has 3 nitrogen and oxygen atoms in total. The average Bonchev–Trinajstić information content (AvgIpc) is 2.38. The molecule has 18 heavy (non-hydrogen) atoms. The number of aromatic nitrogens is 1. The molecule has 90 valence electrons. The van der Waals surface area contributed by atoms with Crippen molar-refractivity contribution in [2.45, 2.75) is 11.8 Å². The molecule has 1 heterocycles. The summed E-state index contributed by atoms with van der Waals surface area (Å²) in [5.74, 6) is 0.702. The number of para-hydroxylation sites is 1. The van der Waals surface area contributed by atoms with Gasteiger partial charge in [0.2, 0.25) is 0 Å². The molecular formula is C14H13N3S. The summed E-state index contributed by atoms with van der Waals surface area (Å²) in [6.07, 6.45) is 2.03. The second-order valence-corrected chi connectivity index (χ2v) is 4.67. The van der Waals surface area contributed by atoms with Gasteiger partial charge in [-0.15, -0.1) is 11.8 Å². The van der Waals surface area contributed by atoms with Gasteiger partial charge in [0.15, 0.2) is 0 Å². The molecule has 0 amide bonds. The number of nitriles is 1. The third kappa shape index (κ3) is 2.82. The van der Waals surface area contributed by atoms with E-state index in [9.17, 15) is 0 Å². The second kappa shape index (κ2) is 5.56. The number of aryl methyl sites for hydroxylation is 1. The van der Waals surface area contributed by atoms with Crippen LogP contribution in [0.1, 0.15) is 11.3 Å². The molecule has 2 rings (SSSR count). The Labute approximate surface area is 111 Å². The van der Waals surface area contributed by atoms with Crippen LogP contribution in [0, 0.1) is 18.3 Å². The summed E-state index contributed by atoms with van der Waals surface area (Å²) in [6.45, 7) is 1.88. The van der Waals surface area contributed by atoms with Crippen LogP contribution in [0.4, 0.5) is 11.5 Å². The Morgan fingerprint density at radius 3 is 2.78 bits per heavy atom. The van der Waals surface area contributed by atoms with Crippen LogP contribution in [0.5, 0.6) is 0 Å². The molecule has 1 aromatic heterocycles. The van der Waals surface area contributed by atoms with Gasteiger partial charge in [0.25, 0.3) is 0 Å². The first-order valence-corrected chi connectivity index (χ1v) is 6.74. The van der Waals surface area contributed by atoms with Crippen LogP contribution >= 0.6 is 11.8 Å². The zero-order chi connectivity index (χ0) is 13.0. The number of hydrogen-bond donors (Lipinski definition) is 1. The predicted molar refractivity (Wildman–Crippen MR) is 75.2 cm³/mol. The van der Waals surface area contributed by atoms with Gasteiger partial charge in [-0.1, -0.05) is 12.1 Å². The molecule has 1 N–H and O–H groups in total. The fourth-order valence-electron chi connectivity index (χ4n) is 1.68. The molecule has 0 fully saturated rings. The summed E-state index contributed by atoms with van der Waals surface area (Å²) < 4.78 is 0. The van der Waals surface area contributed by atoms with E-state index in [2.05, 4.69) is 16.4 Å². The van der Waals surface area contributed by atoms with Gasteiger partial charge < -0.3 is 5.32 Å². The highest BCUT2D eigenvalue weighted by Gasteiger charge is 2.03. The van der Waals surface area contributed by atoms with Gasteiger partial charge in [0.05, 0.1) is 17.3 Å². The first-order valence-electron chi connectivity index (χ1n) is 5.52. The fraction of sp³-hybridized carbons (Fsp3) is 0.143. The number of benzene rings is 1. The normalized spacial score (nSPS) is 9.83. The van der Waals surface area contributed by atoms with Crippen molar-refractivity contribution < 1.29 is 0 Å². The molecule has 0 unspecified atom stereocenters. The van der Waals surface area contributed by atoms with Crippen molar-refractivity contribution in [3.05, 3.63) is 47.7 Å². The largest absolute Gasteiger partial charge is 0.339 e. The molecular weight excluding hydrogens is 242 g/mol. The SMILES string of the molecule is CSc1ccccc1Nc1cc(C#N)cc(C)n1.